The summed E-state index contributed by atoms with van der Waals surface area (Å²) in [7, 11) is 0. The van der Waals surface area contributed by atoms with Crippen LogP contribution in [-0.2, 0) is 11.2 Å². The van der Waals surface area contributed by atoms with Gasteiger partial charge in [-0.1, -0.05) is 0 Å². The minimum absolute atomic E-state index is 0.159. The van der Waals surface area contributed by atoms with E-state index in [0.29, 0.717) is 12.5 Å². The summed E-state index contributed by atoms with van der Waals surface area (Å²) in [6.45, 7) is 4.24. The summed E-state index contributed by atoms with van der Waals surface area (Å²) in [6, 6.07) is 2.01. The van der Waals surface area contributed by atoms with Gasteiger partial charge in [-0.3, -0.25) is 9.59 Å². The Morgan fingerprint density at radius 2 is 2.15 bits per heavy atom. The van der Waals surface area contributed by atoms with Gasteiger partial charge in [0.15, 0.2) is 0 Å². The van der Waals surface area contributed by atoms with E-state index in [4.69, 9.17) is 4.98 Å². The zero-order valence-electron chi connectivity index (χ0n) is 15.6. The number of amides is 2. The first-order chi connectivity index (χ1) is 13.1. The number of nitrogens with zero attached hydrogens (tertiary/aromatic N) is 2. The molecule has 0 radical (unpaired) electrons. The van der Waals surface area contributed by atoms with E-state index in [1.807, 2.05) is 23.3 Å². The molecule has 3 heterocycles. The smallest absolute Gasteiger partial charge is 0.264 e. The first-order valence-electron chi connectivity index (χ1n) is 9.67. The molecule has 5 nitrogen and oxygen atoms in total. The Hall–Kier alpha value is -1.73. The van der Waals surface area contributed by atoms with E-state index in [-0.39, 0.29) is 17.7 Å². The maximum atomic E-state index is 12.8. The Balaban J connectivity index is 1.33. The highest BCUT2D eigenvalue weighted by Gasteiger charge is 2.30. The van der Waals surface area contributed by atoms with Gasteiger partial charge >= 0.3 is 0 Å². The van der Waals surface area contributed by atoms with Crippen molar-refractivity contribution >= 4 is 34.5 Å². The number of hydrogen-bond acceptors (Lipinski definition) is 5. The van der Waals surface area contributed by atoms with Gasteiger partial charge in [-0.25, -0.2) is 4.98 Å². The Morgan fingerprint density at radius 1 is 1.30 bits per heavy atom. The number of piperidine rings is 1. The van der Waals surface area contributed by atoms with Crippen LogP contribution in [0.4, 0.5) is 0 Å². The summed E-state index contributed by atoms with van der Waals surface area (Å²) < 4.78 is 0. The lowest BCUT2D eigenvalue weighted by Gasteiger charge is -2.31. The number of likely N-dealkylation sites (tertiary alicyclic amines) is 1. The summed E-state index contributed by atoms with van der Waals surface area (Å²) in [6.07, 6.45) is 4.95. The van der Waals surface area contributed by atoms with Crippen molar-refractivity contribution < 1.29 is 9.59 Å². The highest BCUT2D eigenvalue weighted by atomic mass is 32.1. The second-order valence-corrected chi connectivity index (χ2v) is 9.32. The Kier molecular flexibility index (Phi) is 5.59. The second-order valence-electron chi connectivity index (χ2n) is 7.52. The molecule has 2 fully saturated rings. The van der Waals surface area contributed by atoms with Crippen molar-refractivity contribution in [3.05, 3.63) is 38.0 Å². The Morgan fingerprint density at radius 3 is 2.89 bits per heavy atom. The SMILES string of the molecule is Cc1ccsc1C(=O)N1CCC[C@@H](c2nc(CCNC(=O)C3CC3)cs2)C1. The van der Waals surface area contributed by atoms with E-state index in [0.717, 1.165) is 66.3 Å². The molecule has 2 aliphatic rings. The monoisotopic (exact) mass is 403 g/mol. The van der Waals surface area contributed by atoms with E-state index >= 15 is 0 Å². The standard InChI is InChI=1S/C20H25N3O2S2/c1-13-7-10-26-17(13)20(25)23-9-2-3-15(11-23)19-22-16(12-27-19)6-8-21-18(24)14-4-5-14/h7,10,12,14-15H,2-6,8-9,11H2,1H3,(H,21,24)/t15-/m1/s1. The summed E-state index contributed by atoms with van der Waals surface area (Å²) >= 11 is 3.22. The molecule has 2 aromatic heterocycles. The minimum atomic E-state index is 0.159. The van der Waals surface area contributed by atoms with Gasteiger partial charge in [0.1, 0.15) is 0 Å². The molecule has 1 aliphatic heterocycles. The molecule has 0 unspecified atom stereocenters. The molecule has 2 aromatic rings. The van der Waals surface area contributed by atoms with Crippen LogP contribution in [0.1, 0.15) is 57.5 Å². The molecule has 7 heteroatoms. The van der Waals surface area contributed by atoms with Crippen LogP contribution in [-0.4, -0.2) is 41.3 Å². The summed E-state index contributed by atoms with van der Waals surface area (Å²) in [5.41, 5.74) is 2.11. The number of hydrogen-bond donors (Lipinski definition) is 1. The molecule has 0 aromatic carbocycles. The van der Waals surface area contributed by atoms with Gasteiger partial charge in [-0.05, 0) is 49.6 Å². The molecule has 0 spiro atoms. The van der Waals surface area contributed by atoms with Crippen molar-refractivity contribution in [3.8, 4) is 0 Å². The molecule has 2 amide bonds. The number of thiophene rings is 1. The number of rotatable bonds is 6. The van der Waals surface area contributed by atoms with Gasteiger partial charge in [0.05, 0.1) is 15.6 Å². The van der Waals surface area contributed by atoms with Crippen LogP contribution in [0.2, 0.25) is 0 Å². The van der Waals surface area contributed by atoms with Crippen molar-refractivity contribution in [1.29, 1.82) is 0 Å². The van der Waals surface area contributed by atoms with Crippen LogP contribution in [0.3, 0.4) is 0 Å². The van der Waals surface area contributed by atoms with Gasteiger partial charge in [-0.15, -0.1) is 22.7 Å². The molecule has 1 N–H and O–H groups in total. The fourth-order valence-electron chi connectivity index (χ4n) is 3.53. The predicted molar refractivity (Wildman–Crippen MR) is 108 cm³/mol. The fourth-order valence-corrected chi connectivity index (χ4v) is 5.40. The number of carbonyl (C=O) groups is 2. The molecule has 4 rings (SSSR count). The Labute approximate surface area is 167 Å². The van der Waals surface area contributed by atoms with Crippen LogP contribution in [0.25, 0.3) is 0 Å². The van der Waals surface area contributed by atoms with E-state index in [1.54, 1.807) is 11.3 Å². The van der Waals surface area contributed by atoms with E-state index in [1.165, 1.54) is 11.3 Å². The van der Waals surface area contributed by atoms with Crippen molar-refractivity contribution in [2.75, 3.05) is 19.6 Å². The van der Waals surface area contributed by atoms with Crippen LogP contribution in [0.15, 0.2) is 16.8 Å². The predicted octanol–water partition coefficient (Wildman–Crippen LogP) is 3.60. The minimum Gasteiger partial charge on any atom is -0.355 e. The zero-order valence-corrected chi connectivity index (χ0v) is 17.2. The molecule has 1 saturated carbocycles. The normalized spacial score (nSPS) is 19.9. The maximum Gasteiger partial charge on any atom is 0.264 e. The van der Waals surface area contributed by atoms with E-state index < -0.39 is 0 Å². The molecule has 0 bridgehead atoms. The molecular formula is C20H25N3O2S2. The number of aryl methyl sites for hydroxylation is 1. The third-order valence-corrected chi connectivity index (χ3v) is 7.37. The number of thiazole rings is 1. The average Bonchev–Trinajstić information content (AvgIpc) is 3.28. The lowest BCUT2D eigenvalue weighted by Crippen LogP contribution is -2.39. The van der Waals surface area contributed by atoms with Crippen LogP contribution in [0.5, 0.6) is 0 Å². The van der Waals surface area contributed by atoms with Gasteiger partial charge in [0, 0.05) is 43.3 Å². The number of aromatic nitrogens is 1. The summed E-state index contributed by atoms with van der Waals surface area (Å²) in [4.78, 5) is 32.2. The lowest BCUT2D eigenvalue weighted by atomic mass is 9.98. The molecule has 1 aliphatic carbocycles. The van der Waals surface area contributed by atoms with Crippen molar-refractivity contribution in [3.63, 3.8) is 0 Å². The van der Waals surface area contributed by atoms with Crippen LogP contribution >= 0.6 is 22.7 Å². The van der Waals surface area contributed by atoms with Crippen LogP contribution < -0.4 is 5.32 Å². The lowest BCUT2D eigenvalue weighted by molar-refractivity contribution is -0.122. The van der Waals surface area contributed by atoms with E-state index in [9.17, 15) is 9.59 Å². The number of carbonyl (C=O) groups excluding carboxylic acids is 2. The van der Waals surface area contributed by atoms with Gasteiger partial charge in [-0.2, -0.15) is 0 Å². The topological polar surface area (TPSA) is 62.3 Å². The van der Waals surface area contributed by atoms with Crippen molar-refractivity contribution in [1.82, 2.24) is 15.2 Å². The highest BCUT2D eigenvalue weighted by molar-refractivity contribution is 7.12. The third-order valence-electron chi connectivity index (χ3n) is 5.31. The van der Waals surface area contributed by atoms with Gasteiger partial charge in [0.2, 0.25) is 5.91 Å². The first-order valence-corrected chi connectivity index (χ1v) is 11.4. The van der Waals surface area contributed by atoms with Crippen molar-refractivity contribution in [2.24, 2.45) is 5.92 Å². The molecule has 27 heavy (non-hydrogen) atoms. The molecule has 1 saturated heterocycles. The number of nitrogens with one attached hydrogen (secondary N) is 1. The van der Waals surface area contributed by atoms with Gasteiger partial charge in [0.25, 0.3) is 5.91 Å². The molecular weight excluding hydrogens is 378 g/mol. The fraction of sp³-hybridized carbons (Fsp3) is 0.550. The second kappa shape index (κ2) is 8.10. The maximum absolute atomic E-state index is 12.8. The Bertz CT molecular complexity index is 825. The zero-order chi connectivity index (χ0) is 18.8. The largest absolute Gasteiger partial charge is 0.355 e. The third kappa shape index (κ3) is 4.41. The summed E-state index contributed by atoms with van der Waals surface area (Å²) in [5, 5.41) is 8.21. The molecule has 144 valence electrons. The average molecular weight is 404 g/mol. The highest BCUT2D eigenvalue weighted by Crippen LogP contribution is 2.31. The quantitative estimate of drug-likeness (QED) is 0.802. The molecule has 1 atom stereocenters. The first kappa shape index (κ1) is 18.6. The van der Waals surface area contributed by atoms with Crippen molar-refractivity contribution in [2.45, 2.75) is 44.9 Å². The van der Waals surface area contributed by atoms with Gasteiger partial charge < -0.3 is 10.2 Å². The van der Waals surface area contributed by atoms with E-state index in [2.05, 4.69) is 10.7 Å². The summed E-state index contributed by atoms with van der Waals surface area (Å²) in [5.74, 6) is 0.930. The van der Waals surface area contributed by atoms with Crippen LogP contribution in [0, 0.1) is 12.8 Å².